The molecule has 0 aromatic carbocycles. The van der Waals surface area contributed by atoms with Crippen LogP contribution in [0.15, 0.2) is 25.0 Å². The Bertz CT molecular complexity index is 608. The van der Waals surface area contributed by atoms with Crippen molar-refractivity contribution in [3.05, 3.63) is 25.0 Å². The predicted molar refractivity (Wildman–Crippen MR) is 53.9 cm³/mol. The maximum Gasteiger partial charge on any atom is 0.181 e. The molecule has 74 valence electrons. The first-order valence-electron chi connectivity index (χ1n) is 4.48. The van der Waals surface area contributed by atoms with Gasteiger partial charge in [0.1, 0.15) is 17.5 Å². The topological polar surface area (TPSA) is 72.3 Å². The van der Waals surface area contributed by atoms with Gasteiger partial charge in [0.25, 0.3) is 0 Å². The van der Waals surface area contributed by atoms with Gasteiger partial charge >= 0.3 is 0 Å². The van der Waals surface area contributed by atoms with Crippen molar-refractivity contribution >= 4 is 11.2 Å². The maximum absolute atomic E-state index is 4.23. The second-order valence-corrected chi connectivity index (χ2v) is 3.23. The monoisotopic (exact) mass is 200 g/mol. The molecule has 15 heavy (non-hydrogen) atoms. The number of imidazole rings is 1. The fraction of sp³-hybridized carbons (Fsp3) is 0.111. The molecule has 0 spiro atoms. The number of aromatic amines is 1. The third-order valence-electron chi connectivity index (χ3n) is 2.20. The largest absolute Gasteiger partial charge is 0.341 e. The second kappa shape index (κ2) is 2.88. The summed E-state index contributed by atoms with van der Waals surface area (Å²) < 4.78 is 1.74. The number of hydrogen-bond donors (Lipinski definition) is 1. The van der Waals surface area contributed by atoms with E-state index in [1.165, 1.54) is 6.33 Å². The number of nitrogens with one attached hydrogen (secondary N) is 1. The van der Waals surface area contributed by atoms with Gasteiger partial charge in [-0.1, -0.05) is 0 Å². The van der Waals surface area contributed by atoms with E-state index in [9.17, 15) is 0 Å². The summed E-state index contributed by atoms with van der Waals surface area (Å²) in [7, 11) is 1.87. The van der Waals surface area contributed by atoms with Crippen molar-refractivity contribution in [1.29, 1.82) is 0 Å². The lowest BCUT2D eigenvalue weighted by atomic mass is 10.2. The van der Waals surface area contributed by atoms with E-state index in [1.807, 2.05) is 13.2 Å². The molecule has 0 radical (unpaired) electrons. The first-order valence-corrected chi connectivity index (χ1v) is 4.48. The van der Waals surface area contributed by atoms with E-state index in [1.54, 1.807) is 17.2 Å². The Balaban J connectivity index is 2.30. The lowest BCUT2D eigenvalue weighted by Crippen LogP contribution is -1.87. The zero-order valence-corrected chi connectivity index (χ0v) is 8.05. The number of rotatable bonds is 1. The van der Waals surface area contributed by atoms with Crippen LogP contribution in [0.25, 0.3) is 22.4 Å². The molecule has 0 unspecified atom stereocenters. The van der Waals surface area contributed by atoms with Gasteiger partial charge in [-0.05, 0) is 0 Å². The molecule has 0 amide bonds. The summed E-state index contributed by atoms with van der Waals surface area (Å²) in [6.07, 6.45) is 6.79. The van der Waals surface area contributed by atoms with Gasteiger partial charge in [0.05, 0.1) is 12.5 Å². The highest BCUT2D eigenvalue weighted by Gasteiger charge is 2.09. The Morgan fingerprint density at radius 2 is 2.20 bits per heavy atom. The fourth-order valence-corrected chi connectivity index (χ4v) is 1.53. The van der Waals surface area contributed by atoms with Crippen molar-refractivity contribution in [2.75, 3.05) is 0 Å². The third kappa shape index (κ3) is 1.18. The first kappa shape index (κ1) is 8.10. The molecule has 6 nitrogen and oxygen atoms in total. The van der Waals surface area contributed by atoms with Crippen LogP contribution >= 0.6 is 0 Å². The van der Waals surface area contributed by atoms with Crippen molar-refractivity contribution in [3.63, 3.8) is 0 Å². The van der Waals surface area contributed by atoms with Crippen LogP contribution in [0, 0.1) is 0 Å². The molecule has 0 saturated carbocycles. The molecule has 0 fully saturated rings. The minimum absolute atomic E-state index is 0.670. The minimum atomic E-state index is 0.670. The molecule has 0 aliphatic rings. The number of aryl methyl sites for hydroxylation is 1. The van der Waals surface area contributed by atoms with E-state index in [-0.39, 0.29) is 0 Å². The first-order chi connectivity index (χ1) is 7.34. The molecular formula is C9H8N6. The number of fused-ring (bicyclic) bond motifs is 1. The molecule has 0 aliphatic carbocycles. The van der Waals surface area contributed by atoms with Gasteiger partial charge in [0.15, 0.2) is 5.65 Å². The molecule has 0 bridgehead atoms. The Morgan fingerprint density at radius 1 is 1.27 bits per heavy atom. The summed E-state index contributed by atoms with van der Waals surface area (Å²) in [5, 5.41) is 4.11. The number of aromatic nitrogens is 6. The molecule has 3 rings (SSSR count). The molecule has 6 heteroatoms. The van der Waals surface area contributed by atoms with Gasteiger partial charge in [0, 0.05) is 18.8 Å². The van der Waals surface area contributed by atoms with Crippen LogP contribution in [0.2, 0.25) is 0 Å². The lowest BCUT2D eigenvalue weighted by Gasteiger charge is -1.96. The van der Waals surface area contributed by atoms with Crippen LogP contribution < -0.4 is 0 Å². The van der Waals surface area contributed by atoms with Crippen LogP contribution in [0.3, 0.4) is 0 Å². The normalized spacial score (nSPS) is 11.0. The highest BCUT2D eigenvalue weighted by molar-refractivity contribution is 5.86. The lowest BCUT2D eigenvalue weighted by molar-refractivity contribution is 0.768. The van der Waals surface area contributed by atoms with E-state index in [2.05, 4.69) is 25.0 Å². The number of H-pyrrole nitrogens is 1. The summed E-state index contributed by atoms with van der Waals surface area (Å²) in [6.45, 7) is 0. The molecule has 0 atom stereocenters. The Labute approximate surface area is 85.0 Å². The minimum Gasteiger partial charge on any atom is -0.341 e. The number of hydrogen-bond acceptors (Lipinski definition) is 4. The quantitative estimate of drug-likeness (QED) is 0.629. The van der Waals surface area contributed by atoms with Crippen molar-refractivity contribution in [2.45, 2.75) is 0 Å². The SMILES string of the molecule is Cn1cc(-c2ncnc3nc[nH]c23)cn1. The smallest absolute Gasteiger partial charge is 0.181 e. The summed E-state index contributed by atoms with van der Waals surface area (Å²) in [4.78, 5) is 15.4. The van der Waals surface area contributed by atoms with Gasteiger partial charge in [0.2, 0.25) is 0 Å². The maximum atomic E-state index is 4.23. The van der Waals surface area contributed by atoms with Gasteiger partial charge in [-0.2, -0.15) is 5.10 Å². The van der Waals surface area contributed by atoms with Crippen molar-refractivity contribution in [1.82, 2.24) is 29.7 Å². The summed E-state index contributed by atoms with van der Waals surface area (Å²) in [5.41, 5.74) is 3.29. The summed E-state index contributed by atoms with van der Waals surface area (Å²) in [5.74, 6) is 0. The molecule has 0 aliphatic heterocycles. The van der Waals surface area contributed by atoms with E-state index < -0.39 is 0 Å². The average Bonchev–Trinajstić information content (AvgIpc) is 2.84. The molecule has 3 aromatic rings. The Morgan fingerprint density at radius 3 is 3.00 bits per heavy atom. The highest BCUT2D eigenvalue weighted by Crippen LogP contribution is 2.21. The molecule has 3 aromatic heterocycles. The third-order valence-corrected chi connectivity index (χ3v) is 2.20. The molecule has 3 heterocycles. The zero-order valence-electron chi connectivity index (χ0n) is 8.05. The highest BCUT2D eigenvalue weighted by atomic mass is 15.2. The summed E-state index contributed by atoms with van der Waals surface area (Å²) >= 11 is 0. The van der Waals surface area contributed by atoms with Crippen molar-refractivity contribution in [2.24, 2.45) is 7.05 Å². The zero-order chi connectivity index (χ0) is 10.3. The van der Waals surface area contributed by atoms with Gasteiger partial charge in [-0.25, -0.2) is 15.0 Å². The number of nitrogens with zero attached hydrogens (tertiary/aromatic N) is 5. The van der Waals surface area contributed by atoms with E-state index in [4.69, 9.17) is 0 Å². The fourth-order valence-electron chi connectivity index (χ4n) is 1.53. The van der Waals surface area contributed by atoms with E-state index in [0.29, 0.717) is 5.65 Å². The molecular weight excluding hydrogens is 192 g/mol. The predicted octanol–water partition coefficient (Wildman–Crippen LogP) is 0.753. The van der Waals surface area contributed by atoms with Crippen molar-refractivity contribution < 1.29 is 0 Å². The Hall–Kier alpha value is -2.24. The van der Waals surface area contributed by atoms with Crippen LogP contribution in [0.4, 0.5) is 0 Å². The van der Waals surface area contributed by atoms with Gasteiger partial charge < -0.3 is 4.98 Å². The molecule has 1 N–H and O–H groups in total. The average molecular weight is 200 g/mol. The van der Waals surface area contributed by atoms with Gasteiger partial charge in [-0.3, -0.25) is 4.68 Å². The van der Waals surface area contributed by atoms with Crippen molar-refractivity contribution in [3.8, 4) is 11.3 Å². The summed E-state index contributed by atoms with van der Waals surface area (Å²) in [6, 6.07) is 0. The second-order valence-electron chi connectivity index (χ2n) is 3.23. The van der Waals surface area contributed by atoms with Gasteiger partial charge in [-0.15, -0.1) is 0 Å². The molecule has 0 saturated heterocycles. The van der Waals surface area contributed by atoms with E-state index in [0.717, 1.165) is 16.8 Å². The van der Waals surface area contributed by atoms with Crippen LogP contribution in [0.1, 0.15) is 0 Å². The standard InChI is InChI=1S/C9H8N6/c1-15-3-6(2-14-15)7-8-9(12-4-10-7)13-5-11-8/h2-5H,1H3,(H,10,11,12,13). The van der Waals surface area contributed by atoms with Crippen LogP contribution in [-0.4, -0.2) is 29.7 Å². The van der Waals surface area contributed by atoms with Crippen LogP contribution in [0.5, 0.6) is 0 Å². The Kier molecular flexibility index (Phi) is 1.55. The van der Waals surface area contributed by atoms with E-state index >= 15 is 0 Å². The van der Waals surface area contributed by atoms with Crippen LogP contribution in [-0.2, 0) is 7.05 Å².